The first-order chi connectivity index (χ1) is 12.3. The quantitative estimate of drug-likeness (QED) is 0.723. The summed E-state index contributed by atoms with van der Waals surface area (Å²) in [7, 11) is 3.81. The minimum absolute atomic E-state index is 0.153. The number of carbonyl (C=O) groups excluding carboxylic acids is 1. The van der Waals surface area contributed by atoms with E-state index >= 15 is 0 Å². The first-order valence-corrected chi connectivity index (χ1v) is 8.71. The molecular weight excluding hydrogens is 352 g/mol. The summed E-state index contributed by atoms with van der Waals surface area (Å²) in [6.07, 6.45) is 0. The summed E-state index contributed by atoms with van der Waals surface area (Å²) in [4.78, 5) is 19.5. The number of fused-ring (bicyclic) bond motifs is 1. The smallest absolute Gasteiger partial charge is 0.259 e. The molecular formula is C19H21ClN4O2. The molecule has 2 aromatic heterocycles. The van der Waals surface area contributed by atoms with Crippen molar-refractivity contribution in [2.75, 3.05) is 24.3 Å². The van der Waals surface area contributed by atoms with Gasteiger partial charge in [0.25, 0.3) is 11.6 Å². The maximum Gasteiger partial charge on any atom is 0.259 e. The summed E-state index contributed by atoms with van der Waals surface area (Å²) < 4.78 is 5.29. The van der Waals surface area contributed by atoms with Crippen LogP contribution in [0.4, 0.5) is 11.4 Å². The Morgan fingerprint density at radius 1 is 1.27 bits per heavy atom. The summed E-state index contributed by atoms with van der Waals surface area (Å²) in [6, 6.07) is 7.19. The van der Waals surface area contributed by atoms with Gasteiger partial charge in [0, 0.05) is 24.8 Å². The summed E-state index contributed by atoms with van der Waals surface area (Å²) in [5, 5.41) is 8.10. The normalized spacial score (nSPS) is 11.2. The average molecular weight is 373 g/mol. The Labute approximate surface area is 157 Å². The van der Waals surface area contributed by atoms with Crippen LogP contribution >= 0.6 is 11.6 Å². The Balaban J connectivity index is 2.09. The van der Waals surface area contributed by atoms with Gasteiger partial charge >= 0.3 is 0 Å². The first-order valence-electron chi connectivity index (χ1n) is 8.33. The van der Waals surface area contributed by atoms with Gasteiger partial charge in [0.1, 0.15) is 0 Å². The molecule has 26 heavy (non-hydrogen) atoms. The van der Waals surface area contributed by atoms with Crippen LogP contribution in [0.1, 0.15) is 41.5 Å². The average Bonchev–Trinajstić information content (AvgIpc) is 2.95. The summed E-state index contributed by atoms with van der Waals surface area (Å²) in [5.41, 5.74) is 3.77. The van der Waals surface area contributed by atoms with Crippen molar-refractivity contribution in [3.8, 4) is 0 Å². The second-order valence-electron chi connectivity index (χ2n) is 6.71. The van der Waals surface area contributed by atoms with Gasteiger partial charge in [0.2, 0.25) is 0 Å². The highest BCUT2D eigenvalue weighted by Gasteiger charge is 2.21. The van der Waals surface area contributed by atoms with Crippen LogP contribution in [0.25, 0.3) is 11.1 Å². The Hall–Kier alpha value is -2.60. The summed E-state index contributed by atoms with van der Waals surface area (Å²) in [5.74, 6) is -0.101. The van der Waals surface area contributed by atoms with E-state index in [2.05, 4.69) is 15.5 Å². The maximum atomic E-state index is 13.1. The van der Waals surface area contributed by atoms with Crippen molar-refractivity contribution in [3.05, 3.63) is 46.2 Å². The lowest BCUT2D eigenvalue weighted by atomic mass is 10.0. The zero-order valence-corrected chi connectivity index (χ0v) is 16.2. The fourth-order valence-corrected chi connectivity index (χ4v) is 2.95. The van der Waals surface area contributed by atoms with Crippen molar-refractivity contribution in [2.24, 2.45) is 0 Å². The highest BCUT2D eigenvalue weighted by Crippen LogP contribution is 2.30. The Morgan fingerprint density at radius 2 is 2.00 bits per heavy atom. The number of anilines is 2. The van der Waals surface area contributed by atoms with Crippen LogP contribution < -0.4 is 10.2 Å². The van der Waals surface area contributed by atoms with Gasteiger partial charge in [0.05, 0.1) is 28.0 Å². The van der Waals surface area contributed by atoms with E-state index in [1.807, 2.05) is 38.9 Å². The molecule has 6 nitrogen and oxygen atoms in total. The molecule has 0 atom stereocenters. The number of hydrogen-bond donors (Lipinski definition) is 1. The van der Waals surface area contributed by atoms with Gasteiger partial charge in [-0.1, -0.05) is 30.6 Å². The molecule has 136 valence electrons. The van der Waals surface area contributed by atoms with Crippen molar-refractivity contribution < 1.29 is 9.32 Å². The minimum atomic E-state index is -0.254. The number of amides is 1. The van der Waals surface area contributed by atoms with Crippen LogP contribution in [0.5, 0.6) is 0 Å². The fraction of sp³-hybridized carbons (Fsp3) is 0.316. The Bertz CT molecular complexity index is 979. The van der Waals surface area contributed by atoms with E-state index < -0.39 is 0 Å². The topological polar surface area (TPSA) is 71.3 Å². The van der Waals surface area contributed by atoms with Crippen LogP contribution in [0.15, 0.2) is 28.8 Å². The molecule has 7 heteroatoms. The highest BCUT2D eigenvalue weighted by molar-refractivity contribution is 6.31. The molecule has 3 rings (SSSR count). The van der Waals surface area contributed by atoms with E-state index in [0.29, 0.717) is 33.1 Å². The number of halogens is 1. The number of aryl methyl sites for hydroxylation is 1. The number of benzene rings is 1. The monoisotopic (exact) mass is 372 g/mol. The van der Waals surface area contributed by atoms with E-state index in [0.717, 1.165) is 11.4 Å². The van der Waals surface area contributed by atoms with Gasteiger partial charge in [-0.15, -0.1) is 0 Å². The van der Waals surface area contributed by atoms with Crippen LogP contribution in [-0.4, -0.2) is 30.1 Å². The molecule has 1 N–H and O–H groups in total. The summed E-state index contributed by atoms with van der Waals surface area (Å²) in [6.45, 7) is 5.82. The first kappa shape index (κ1) is 18.2. The largest absolute Gasteiger partial charge is 0.376 e. The van der Waals surface area contributed by atoms with Gasteiger partial charge in [0.15, 0.2) is 0 Å². The number of carbonyl (C=O) groups is 1. The van der Waals surface area contributed by atoms with Gasteiger partial charge in [-0.3, -0.25) is 4.79 Å². The molecule has 1 amide bonds. The number of aromatic nitrogens is 2. The molecule has 0 aliphatic carbocycles. The maximum absolute atomic E-state index is 13.1. The SMILES string of the molecule is Cc1noc2nc(C(C)C)cc(C(=O)Nc3cc(Cl)ccc3N(C)C)c12. The summed E-state index contributed by atoms with van der Waals surface area (Å²) >= 11 is 6.12. The van der Waals surface area contributed by atoms with Gasteiger partial charge in [-0.05, 0) is 37.1 Å². The number of hydrogen-bond acceptors (Lipinski definition) is 5. The van der Waals surface area contributed by atoms with Gasteiger partial charge < -0.3 is 14.7 Å². The third kappa shape index (κ3) is 3.37. The van der Waals surface area contributed by atoms with E-state index in [4.69, 9.17) is 16.1 Å². The predicted octanol–water partition coefficient (Wildman–Crippen LogP) is 4.63. The molecule has 3 aromatic rings. The van der Waals surface area contributed by atoms with Crippen LogP contribution in [0.2, 0.25) is 5.02 Å². The van der Waals surface area contributed by atoms with E-state index in [-0.39, 0.29) is 11.8 Å². The fourth-order valence-electron chi connectivity index (χ4n) is 2.78. The van der Waals surface area contributed by atoms with E-state index in [9.17, 15) is 4.79 Å². The number of nitrogens with one attached hydrogen (secondary N) is 1. The molecule has 0 spiro atoms. The lowest BCUT2D eigenvalue weighted by Crippen LogP contribution is -2.17. The van der Waals surface area contributed by atoms with Crippen LogP contribution in [0.3, 0.4) is 0 Å². The lowest BCUT2D eigenvalue weighted by molar-refractivity contribution is 0.102. The van der Waals surface area contributed by atoms with Crippen molar-refractivity contribution in [1.82, 2.24) is 10.1 Å². The third-order valence-corrected chi connectivity index (χ3v) is 4.40. The zero-order chi connectivity index (χ0) is 19.0. The Kier molecular flexibility index (Phi) is 4.87. The van der Waals surface area contributed by atoms with Crippen molar-refractivity contribution >= 4 is 40.0 Å². The van der Waals surface area contributed by atoms with Crippen molar-refractivity contribution in [3.63, 3.8) is 0 Å². The molecule has 1 aromatic carbocycles. The van der Waals surface area contributed by atoms with Gasteiger partial charge in [-0.2, -0.15) is 0 Å². The molecule has 0 aliphatic heterocycles. The second kappa shape index (κ2) is 6.96. The molecule has 2 heterocycles. The number of nitrogens with zero attached hydrogens (tertiary/aromatic N) is 3. The number of pyridine rings is 1. The van der Waals surface area contributed by atoms with Crippen LogP contribution in [-0.2, 0) is 0 Å². The number of rotatable bonds is 4. The van der Waals surface area contributed by atoms with E-state index in [1.54, 1.807) is 25.1 Å². The molecule has 0 fully saturated rings. The predicted molar refractivity (Wildman–Crippen MR) is 104 cm³/mol. The highest BCUT2D eigenvalue weighted by atomic mass is 35.5. The molecule has 0 aliphatic rings. The van der Waals surface area contributed by atoms with Crippen molar-refractivity contribution in [1.29, 1.82) is 0 Å². The molecule has 0 bridgehead atoms. The molecule has 0 unspecified atom stereocenters. The second-order valence-corrected chi connectivity index (χ2v) is 7.14. The molecule has 0 radical (unpaired) electrons. The minimum Gasteiger partial charge on any atom is -0.376 e. The zero-order valence-electron chi connectivity index (χ0n) is 15.4. The van der Waals surface area contributed by atoms with Crippen LogP contribution in [0, 0.1) is 6.92 Å². The standard InChI is InChI=1S/C19H21ClN4O2/c1-10(2)14-9-13(17-11(3)23-26-19(17)22-14)18(25)21-15-8-12(20)6-7-16(15)24(4)5/h6-10H,1-5H3,(H,21,25). The van der Waals surface area contributed by atoms with Crippen molar-refractivity contribution in [2.45, 2.75) is 26.7 Å². The molecule has 0 saturated carbocycles. The molecule has 0 saturated heterocycles. The van der Waals surface area contributed by atoms with E-state index in [1.165, 1.54) is 0 Å². The lowest BCUT2D eigenvalue weighted by Gasteiger charge is -2.18. The Morgan fingerprint density at radius 3 is 2.65 bits per heavy atom. The third-order valence-electron chi connectivity index (χ3n) is 4.16. The van der Waals surface area contributed by atoms with Gasteiger partial charge in [-0.25, -0.2) is 4.98 Å².